The van der Waals surface area contributed by atoms with Gasteiger partial charge in [-0.25, -0.2) is 0 Å². The summed E-state index contributed by atoms with van der Waals surface area (Å²) in [4.78, 5) is 14.0. The Hall–Kier alpha value is -1.73. The normalized spacial score (nSPS) is 17.4. The number of benzene rings is 1. The van der Waals surface area contributed by atoms with Gasteiger partial charge in [0.1, 0.15) is 5.75 Å². The van der Waals surface area contributed by atoms with Gasteiger partial charge in [0.25, 0.3) is 5.91 Å². The van der Waals surface area contributed by atoms with E-state index in [4.69, 9.17) is 21.6 Å². The highest BCUT2D eigenvalue weighted by Crippen LogP contribution is 2.20. The summed E-state index contributed by atoms with van der Waals surface area (Å²) in [5.41, 5.74) is 0. The predicted octanol–water partition coefficient (Wildman–Crippen LogP) is 2.87. The van der Waals surface area contributed by atoms with Crippen molar-refractivity contribution < 1.29 is 9.53 Å². The zero-order valence-corrected chi connectivity index (χ0v) is 12.1. The van der Waals surface area contributed by atoms with Gasteiger partial charge in [0, 0.05) is 24.0 Å². The van der Waals surface area contributed by atoms with Crippen LogP contribution >= 0.6 is 11.6 Å². The number of piperidine rings is 1. The molecule has 0 bridgehead atoms. The van der Waals surface area contributed by atoms with Crippen LogP contribution in [0.15, 0.2) is 24.3 Å². The van der Waals surface area contributed by atoms with E-state index in [9.17, 15) is 4.79 Å². The zero-order valence-electron chi connectivity index (χ0n) is 11.4. The average molecular weight is 293 g/mol. The van der Waals surface area contributed by atoms with Gasteiger partial charge < -0.3 is 9.64 Å². The maximum atomic E-state index is 12.3. The molecule has 1 amide bonds. The van der Waals surface area contributed by atoms with E-state index in [0.29, 0.717) is 23.9 Å². The molecule has 0 aromatic heterocycles. The van der Waals surface area contributed by atoms with Crippen molar-refractivity contribution in [1.29, 1.82) is 5.26 Å². The minimum Gasteiger partial charge on any atom is -0.481 e. The van der Waals surface area contributed by atoms with Gasteiger partial charge in [-0.15, -0.1) is 0 Å². The van der Waals surface area contributed by atoms with Gasteiger partial charge >= 0.3 is 0 Å². The summed E-state index contributed by atoms with van der Waals surface area (Å²) in [5, 5.41) is 9.44. The molecule has 106 valence electrons. The third kappa shape index (κ3) is 3.64. The molecule has 4 nitrogen and oxygen atoms in total. The number of carbonyl (C=O) groups excluding carboxylic acids is 1. The first-order valence-electron chi connectivity index (χ1n) is 6.71. The molecular formula is C15H17ClN2O2. The fourth-order valence-electron chi connectivity index (χ4n) is 2.28. The molecule has 0 N–H and O–H groups in total. The second-order valence-electron chi connectivity index (χ2n) is 4.95. The van der Waals surface area contributed by atoms with Crippen LogP contribution in [0.2, 0.25) is 5.02 Å². The summed E-state index contributed by atoms with van der Waals surface area (Å²) in [5.74, 6) is 0.620. The predicted molar refractivity (Wildman–Crippen MR) is 76.5 cm³/mol. The Morgan fingerprint density at radius 1 is 1.50 bits per heavy atom. The standard InChI is InChI=1S/C15H17ClN2O2/c1-11(20-14-4-2-3-13(16)9-14)15(19)18-7-5-12(10-17)6-8-18/h2-4,9,11-12H,5-8H2,1H3. The Bertz CT molecular complexity index is 519. The third-order valence-corrected chi connectivity index (χ3v) is 3.68. The molecule has 1 atom stereocenters. The lowest BCUT2D eigenvalue weighted by molar-refractivity contribution is -0.139. The monoisotopic (exact) mass is 292 g/mol. The fraction of sp³-hybridized carbons (Fsp3) is 0.467. The smallest absolute Gasteiger partial charge is 0.263 e. The van der Waals surface area contributed by atoms with E-state index in [1.165, 1.54) is 0 Å². The lowest BCUT2D eigenvalue weighted by Gasteiger charge is -2.31. The number of likely N-dealkylation sites (tertiary alicyclic amines) is 1. The van der Waals surface area contributed by atoms with E-state index in [1.54, 1.807) is 36.1 Å². The molecular weight excluding hydrogens is 276 g/mol. The van der Waals surface area contributed by atoms with Crippen molar-refractivity contribution in [2.24, 2.45) is 5.92 Å². The lowest BCUT2D eigenvalue weighted by Crippen LogP contribution is -2.44. The first-order chi connectivity index (χ1) is 9.60. The maximum Gasteiger partial charge on any atom is 0.263 e. The number of rotatable bonds is 3. The van der Waals surface area contributed by atoms with E-state index < -0.39 is 6.10 Å². The Labute approximate surface area is 123 Å². The molecule has 1 heterocycles. The maximum absolute atomic E-state index is 12.3. The van der Waals surface area contributed by atoms with Crippen LogP contribution in [0, 0.1) is 17.2 Å². The minimum atomic E-state index is -0.549. The summed E-state index contributed by atoms with van der Waals surface area (Å²) in [7, 11) is 0. The van der Waals surface area contributed by atoms with E-state index in [2.05, 4.69) is 6.07 Å². The molecule has 1 unspecified atom stereocenters. The van der Waals surface area contributed by atoms with Crippen LogP contribution in [0.1, 0.15) is 19.8 Å². The first kappa shape index (κ1) is 14.7. The molecule has 1 aromatic carbocycles. The van der Waals surface area contributed by atoms with Crippen LogP contribution in [-0.4, -0.2) is 30.0 Å². The number of halogens is 1. The molecule has 0 aliphatic carbocycles. The van der Waals surface area contributed by atoms with Crippen molar-refractivity contribution >= 4 is 17.5 Å². The lowest BCUT2D eigenvalue weighted by atomic mass is 9.98. The Balaban J connectivity index is 1.91. The summed E-state index contributed by atoms with van der Waals surface area (Å²) < 4.78 is 5.62. The van der Waals surface area contributed by atoms with Gasteiger partial charge in [0.2, 0.25) is 0 Å². The van der Waals surface area contributed by atoms with Crippen molar-refractivity contribution in [2.45, 2.75) is 25.9 Å². The quantitative estimate of drug-likeness (QED) is 0.861. The molecule has 0 spiro atoms. The number of ether oxygens (including phenoxy) is 1. The fourth-order valence-corrected chi connectivity index (χ4v) is 2.46. The van der Waals surface area contributed by atoms with Crippen LogP contribution in [0.5, 0.6) is 5.75 Å². The van der Waals surface area contributed by atoms with Gasteiger partial charge in [-0.3, -0.25) is 4.79 Å². The van der Waals surface area contributed by atoms with E-state index in [1.807, 2.05) is 0 Å². The minimum absolute atomic E-state index is 0.0404. The Morgan fingerprint density at radius 3 is 2.80 bits per heavy atom. The summed E-state index contributed by atoms with van der Waals surface area (Å²) in [6, 6.07) is 9.26. The highest BCUT2D eigenvalue weighted by molar-refractivity contribution is 6.30. The molecule has 20 heavy (non-hydrogen) atoms. The van der Waals surface area contributed by atoms with E-state index >= 15 is 0 Å². The second kappa shape index (κ2) is 6.62. The second-order valence-corrected chi connectivity index (χ2v) is 5.38. The summed E-state index contributed by atoms with van der Waals surface area (Å²) in [6.45, 7) is 2.99. The van der Waals surface area contributed by atoms with Crippen LogP contribution in [-0.2, 0) is 4.79 Å². The molecule has 1 fully saturated rings. The average Bonchev–Trinajstić information content (AvgIpc) is 2.46. The molecule has 0 saturated carbocycles. The summed E-state index contributed by atoms with van der Waals surface area (Å²) in [6.07, 6.45) is 0.935. The summed E-state index contributed by atoms with van der Waals surface area (Å²) >= 11 is 5.88. The number of nitrogens with zero attached hydrogens (tertiary/aromatic N) is 2. The van der Waals surface area contributed by atoms with Gasteiger partial charge in [-0.05, 0) is 38.0 Å². The molecule has 5 heteroatoms. The molecule has 1 aliphatic heterocycles. The number of hydrogen-bond acceptors (Lipinski definition) is 3. The number of amides is 1. The van der Waals surface area contributed by atoms with Crippen LogP contribution in [0.4, 0.5) is 0 Å². The molecule has 1 saturated heterocycles. The highest BCUT2D eigenvalue weighted by Gasteiger charge is 2.26. The van der Waals surface area contributed by atoms with Crippen molar-refractivity contribution in [3.05, 3.63) is 29.3 Å². The topological polar surface area (TPSA) is 53.3 Å². The van der Waals surface area contributed by atoms with Crippen LogP contribution < -0.4 is 4.74 Å². The molecule has 1 aliphatic rings. The van der Waals surface area contributed by atoms with Crippen molar-refractivity contribution in [1.82, 2.24) is 4.90 Å². The molecule has 2 rings (SSSR count). The number of hydrogen-bond donors (Lipinski definition) is 0. The van der Waals surface area contributed by atoms with Gasteiger partial charge in [0.15, 0.2) is 6.10 Å². The molecule has 0 radical (unpaired) electrons. The number of carbonyl (C=O) groups is 1. The van der Waals surface area contributed by atoms with Crippen LogP contribution in [0.3, 0.4) is 0 Å². The van der Waals surface area contributed by atoms with Gasteiger partial charge in [-0.2, -0.15) is 5.26 Å². The number of nitriles is 1. The zero-order chi connectivity index (χ0) is 14.5. The van der Waals surface area contributed by atoms with E-state index in [-0.39, 0.29) is 11.8 Å². The Kier molecular flexibility index (Phi) is 4.86. The van der Waals surface area contributed by atoms with E-state index in [0.717, 1.165) is 12.8 Å². The Morgan fingerprint density at radius 2 is 2.20 bits per heavy atom. The van der Waals surface area contributed by atoms with Crippen LogP contribution in [0.25, 0.3) is 0 Å². The van der Waals surface area contributed by atoms with Crippen molar-refractivity contribution in [2.75, 3.05) is 13.1 Å². The van der Waals surface area contributed by atoms with Gasteiger partial charge in [-0.1, -0.05) is 17.7 Å². The third-order valence-electron chi connectivity index (χ3n) is 3.45. The van der Waals surface area contributed by atoms with Crippen molar-refractivity contribution in [3.8, 4) is 11.8 Å². The molecule has 1 aromatic rings. The first-order valence-corrected chi connectivity index (χ1v) is 7.08. The van der Waals surface area contributed by atoms with Crippen molar-refractivity contribution in [3.63, 3.8) is 0 Å². The SMILES string of the molecule is CC(Oc1cccc(Cl)c1)C(=O)N1CCC(C#N)CC1. The van der Waals surface area contributed by atoms with Gasteiger partial charge in [0.05, 0.1) is 6.07 Å². The largest absolute Gasteiger partial charge is 0.481 e. The highest BCUT2D eigenvalue weighted by atomic mass is 35.5.